The summed E-state index contributed by atoms with van der Waals surface area (Å²) in [7, 11) is 0. The monoisotopic (exact) mass is 186 g/mol. The van der Waals surface area contributed by atoms with Crippen LogP contribution in [0.4, 0.5) is 13.2 Å². The Hall–Kier alpha value is -0.980. The summed E-state index contributed by atoms with van der Waals surface area (Å²) in [6, 6.07) is 0. The summed E-state index contributed by atoms with van der Waals surface area (Å²) in [5.74, 6) is -0.397. The fraction of sp³-hybridized carbons (Fsp3) is 0.800. The first-order valence-corrected chi connectivity index (χ1v) is 3.02. The van der Waals surface area contributed by atoms with Gasteiger partial charge in [-0.3, -0.25) is 0 Å². The van der Waals surface area contributed by atoms with E-state index >= 15 is 0 Å². The standard InChI is InChI=1S/C5H9F3N2O2/c1-3(5(6,7)8)12-2-4(9)10-11/h3,11H,2H2,1H3,(H2,9,10). The fourth-order valence-corrected chi connectivity index (χ4v) is 0.334. The Bertz CT molecular complexity index is 169. The van der Waals surface area contributed by atoms with E-state index in [-0.39, 0.29) is 0 Å². The van der Waals surface area contributed by atoms with Crippen LogP contribution in [0.5, 0.6) is 0 Å². The van der Waals surface area contributed by atoms with Gasteiger partial charge in [0, 0.05) is 0 Å². The van der Waals surface area contributed by atoms with Gasteiger partial charge in [0.2, 0.25) is 0 Å². The van der Waals surface area contributed by atoms with E-state index in [0.29, 0.717) is 0 Å². The number of halogens is 3. The molecule has 0 aromatic rings. The molecule has 0 aromatic heterocycles. The van der Waals surface area contributed by atoms with Crippen molar-refractivity contribution in [1.82, 2.24) is 0 Å². The molecule has 0 aliphatic rings. The average Bonchev–Trinajstić information content (AvgIpc) is 1.97. The lowest BCUT2D eigenvalue weighted by atomic mass is 10.4. The third-order valence-electron chi connectivity index (χ3n) is 1.07. The van der Waals surface area contributed by atoms with Gasteiger partial charge < -0.3 is 15.7 Å². The summed E-state index contributed by atoms with van der Waals surface area (Å²) < 4.78 is 39.4. The number of hydrogen-bond donors (Lipinski definition) is 2. The van der Waals surface area contributed by atoms with Crippen LogP contribution in [-0.2, 0) is 4.74 Å². The number of amidine groups is 1. The second-order valence-corrected chi connectivity index (χ2v) is 2.09. The van der Waals surface area contributed by atoms with E-state index < -0.39 is 24.7 Å². The first-order chi connectivity index (χ1) is 5.38. The maximum atomic E-state index is 11.7. The van der Waals surface area contributed by atoms with Crippen LogP contribution in [0.25, 0.3) is 0 Å². The largest absolute Gasteiger partial charge is 0.414 e. The highest BCUT2D eigenvalue weighted by atomic mass is 19.4. The minimum Gasteiger partial charge on any atom is -0.409 e. The number of hydrogen-bond acceptors (Lipinski definition) is 3. The number of alkyl halides is 3. The van der Waals surface area contributed by atoms with Gasteiger partial charge in [-0.05, 0) is 6.92 Å². The molecule has 4 nitrogen and oxygen atoms in total. The number of nitrogens with zero attached hydrogens (tertiary/aromatic N) is 1. The molecule has 0 aliphatic carbocycles. The molecule has 12 heavy (non-hydrogen) atoms. The zero-order valence-corrected chi connectivity index (χ0v) is 6.30. The maximum absolute atomic E-state index is 11.7. The molecule has 0 aliphatic heterocycles. The number of ether oxygens (including phenoxy) is 1. The summed E-state index contributed by atoms with van der Waals surface area (Å²) in [6.07, 6.45) is -6.34. The van der Waals surface area contributed by atoms with Gasteiger partial charge in [-0.25, -0.2) is 0 Å². The molecule has 0 spiro atoms. The molecule has 3 N–H and O–H groups in total. The highest BCUT2D eigenvalue weighted by Crippen LogP contribution is 2.21. The maximum Gasteiger partial charge on any atom is 0.414 e. The highest BCUT2D eigenvalue weighted by molar-refractivity contribution is 5.80. The lowest BCUT2D eigenvalue weighted by Gasteiger charge is -2.15. The van der Waals surface area contributed by atoms with Crippen LogP contribution in [0.2, 0.25) is 0 Å². The van der Waals surface area contributed by atoms with E-state index in [2.05, 4.69) is 9.89 Å². The third-order valence-corrected chi connectivity index (χ3v) is 1.07. The first kappa shape index (κ1) is 11.0. The molecule has 1 unspecified atom stereocenters. The van der Waals surface area contributed by atoms with Crippen molar-refractivity contribution < 1.29 is 23.1 Å². The van der Waals surface area contributed by atoms with E-state index in [9.17, 15) is 13.2 Å². The second-order valence-electron chi connectivity index (χ2n) is 2.09. The molecule has 0 heterocycles. The zero-order chi connectivity index (χ0) is 9.78. The molecule has 1 atom stereocenters. The van der Waals surface area contributed by atoms with Gasteiger partial charge in [-0.15, -0.1) is 0 Å². The lowest BCUT2D eigenvalue weighted by Crippen LogP contribution is -2.32. The van der Waals surface area contributed by atoms with Gasteiger partial charge >= 0.3 is 6.18 Å². The van der Waals surface area contributed by atoms with Crippen LogP contribution < -0.4 is 5.73 Å². The molecule has 0 rings (SSSR count). The minimum atomic E-state index is -4.42. The van der Waals surface area contributed by atoms with E-state index in [0.717, 1.165) is 6.92 Å². The number of nitrogens with two attached hydrogens (primary N) is 1. The van der Waals surface area contributed by atoms with Crippen molar-refractivity contribution in [2.24, 2.45) is 10.9 Å². The normalized spacial score (nSPS) is 16.2. The van der Waals surface area contributed by atoms with Gasteiger partial charge in [-0.2, -0.15) is 13.2 Å². The highest BCUT2D eigenvalue weighted by Gasteiger charge is 2.36. The molecule has 0 bridgehead atoms. The summed E-state index contributed by atoms with van der Waals surface area (Å²) in [6.45, 7) is 0.293. The van der Waals surface area contributed by atoms with Gasteiger partial charge in [-0.1, -0.05) is 5.16 Å². The Balaban J connectivity index is 3.80. The van der Waals surface area contributed by atoms with Crippen LogP contribution in [0, 0.1) is 0 Å². The van der Waals surface area contributed by atoms with Crippen molar-refractivity contribution in [3.05, 3.63) is 0 Å². The molecular weight excluding hydrogens is 177 g/mol. The lowest BCUT2D eigenvalue weighted by molar-refractivity contribution is -0.209. The van der Waals surface area contributed by atoms with Gasteiger partial charge in [0.05, 0.1) is 0 Å². The predicted molar refractivity (Wildman–Crippen MR) is 34.9 cm³/mol. The quantitative estimate of drug-likeness (QED) is 0.295. The number of oxime groups is 1. The summed E-state index contributed by atoms with van der Waals surface area (Å²) in [5.41, 5.74) is 4.87. The van der Waals surface area contributed by atoms with Crippen molar-refractivity contribution in [2.75, 3.05) is 6.61 Å². The van der Waals surface area contributed by atoms with Crippen molar-refractivity contribution in [1.29, 1.82) is 0 Å². The van der Waals surface area contributed by atoms with Crippen LogP contribution in [-0.4, -0.2) is 29.9 Å². The van der Waals surface area contributed by atoms with Gasteiger partial charge in [0.1, 0.15) is 6.61 Å². The fourth-order valence-electron chi connectivity index (χ4n) is 0.334. The second kappa shape index (κ2) is 4.15. The Kier molecular flexibility index (Phi) is 3.81. The molecule has 0 fully saturated rings. The third kappa shape index (κ3) is 4.02. The molecule has 0 aromatic carbocycles. The summed E-state index contributed by atoms with van der Waals surface area (Å²) >= 11 is 0. The topological polar surface area (TPSA) is 67.8 Å². The van der Waals surface area contributed by atoms with Crippen molar-refractivity contribution in [2.45, 2.75) is 19.2 Å². The minimum absolute atomic E-state index is 0.397. The smallest absolute Gasteiger partial charge is 0.409 e. The summed E-state index contributed by atoms with van der Waals surface area (Å²) in [5, 5.41) is 10.4. The zero-order valence-electron chi connectivity index (χ0n) is 6.30. The van der Waals surface area contributed by atoms with Crippen molar-refractivity contribution in [3.63, 3.8) is 0 Å². The van der Waals surface area contributed by atoms with E-state index in [1.807, 2.05) is 0 Å². The Morgan fingerprint density at radius 2 is 2.17 bits per heavy atom. The molecule has 72 valence electrons. The van der Waals surface area contributed by atoms with Crippen LogP contribution in [0.15, 0.2) is 5.16 Å². The van der Waals surface area contributed by atoms with Crippen LogP contribution in [0.3, 0.4) is 0 Å². The van der Waals surface area contributed by atoms with Gasteiger partial charge in [0.15, 0.2) is 11.9 Å². The van der Waals surface area contributed by atoms with E-state index in [1.165, 1.54) is 0 Å². The molecule has 0 amide bonds. The van der Waals surface area contributed by atoms with Gasteiger partial charge in [0.25, 0.3) is 0 Å². The predicted octanol–water partition coefficient (Wildman–Crippen LogP) is 0.700. The number of rotatable bonds is 3. The van der Waals surface area contributed by atoms with Crippen LogP contribution in [0.1, 0.15) is 6.92 Å². The Labute approximate surface area is 66.8 Å². The molecule has 0 saturated carbocycles. The SMILES string of the molecule is CC(OCC(N)=NO)C(F)(F)F. The van der Waals surface area contributed by atoms with Crippen molar-refractivity contribution in [3.8, 4) is 0 Å². The van der Waals surface area contributed by atoms with Crippen molar-refractivity contribution >= 4 is 5.84 Å². The molecule has 0 saturated heterocycles. The van der Waals surface area contributed by atoms with E-state index in [4.69, 9.17) is 10.9 Å². The Morgan fingerprint density at radius 3 is 2.50 bits per heavy atom. The van der Waals surface area contributed by atoms with Crippen LogP contribution >= 0.6 is 0 Å². The summed E-state index contributed by atoms with van der Waals surface area (Å²) in [4.78, 5) is 0. The van der Waals surface area contributed by atoms with E-state index in [1.54, 1.807) is 0 Å². The Morgan fingerprint density at radius 1 is 1.67 bits per heavy atom. The molecular formula is C5H9F3N2O2. The average molecular weight is 186 g/mol. The first-order valence-electron chi connectivity index (χ1n) is 3.02. The molecule has 7 heteroatoms. The molecule has 0 radical (unpaired) electrons.